The van der Waals surface area contributed by atoms with E-state index in [9.17, 15) is 20.1 Å². The first-order chi connectivity index (χ1) is 12.5. The van der Waals surface area contributed by atoms with Crippen LogP contribution in [-0.4, -0.2) is 57.1 Å². The fourth-order valence-electron chi connectivity index (χ4n) is 2.80. The van der Waals surface area contributed by atoms with Crippen LogP contribution in [-0.2, 0) is 16.0 Å². The van der Waals surface area contributed by atoms with E-state index < -0.39 is 36.7 Å². The van der Waals surface area contributed by atoms with Crippen LogP contribution in [0.15, 0.2) is 54.6 Å². The molecular weight excluding hydrogens is 340 g/mol. The molecule has 138 valence electrons. The number of aliphatic hydroxyl groups excluding tert-OH is 3. The van der Waals surface area contributed by atoms with Crippen molar-refractivity contribution in [3.63, 3.8) is 0 Å². The predicted octanol–water partition coefficient (Wildman–Crippen LogP) is 0.548. The van der Waals surface area contributed by atoms with Gasteiger partial charge < -0.3 is 29.9 Å². The van der Waals surface area contributed by atoms with Gasteiger partial charge >= 0.3 is 5.97 Å². The number of aliphatic hydroxyl groups is 3. The molecule has 1 aliphatic rings. The number of hydrogen-bond donors (Lipinski definition) is 4. The van der Waals surface area contributed by atoms with Gasteiger partial charge in [-0.3, -0.25) is 0 Å². The lowest BCUT2D eigenvalue weighted by Gasteiger charge is -2.38. The first kappa shape index (κ1) is 18.3. The molecule has 26 heavy (non-hydrogen) atoms. The van der Waals surface area contributed by atoms with Gasteiger partial charge in [-0.2, -0.15) is 0 Å². The summed E-state index contributed by atoms with van der Waals surface area (Å²) in [6.07, 6.45) is -7.35. The maximum Gasteiger partial charge on any atom is 0.335 e. The summed E-state index contributed by atoms with van der Waals surface area (Å²) in [6.45, 7) is 0. The monoisotopic (exact) mass is 360 g/mol. The lowest BCUT2D eigenvalue weighted by atomic mass is 9.99. The molecule has 0 aromatic heterocycles. The van der Waals surface area contributed by atoms with Crippen LogP contribution < -0.4 is 4.74 Å². The van der Waals surface area contributed by atoms with E-state index in [4.69, 9.17) is 14.6 Å². The Bertz CT molecular complexity index is 731. The maximum absolute atomic E-state index is 11.1. The summed E-state index contributed by atoms with van der Waals surface area (Å²) in [5.74, 6) is -1.10. The van der Waals surface area contributed by atoms with Gasteiger partial charge in [0.1, 0.15) is 24.1 Å². The molecular formula is C19H20O7. The number of benzene rings is 2. The van der Waals surface area contributed by atoms with Gasteiger partial charge in [0.15, 0.2) is 6.10 Å². The molecule has 0 saturated carbocycles. The minimum absolute atomic E-state index is 0.346. The first-order valence-corrected chi connectivity index (χ1v) is 8.17. The highest BCUT2D eigenvalue weighted by Crippen LogP contribution is 2.25. The number of carbonyl (C=O) groups is 1. The average Bonchev–Trinajstić information content (AvgIpc) is 2.64. The third-order valence-electron chi connectivity index (χ3n) is 4.24. The van der Waals surface area contributed by atoms with Crippen LogP contribution in [0.25, 0.3) is 0 Å². The number of ether oxygens (including phenoxy) is 2. The van der Waals surface area contributed by atoms with Crippen molar-refractivity contribution in [1.29, 1.82) is 0 Å². The Morgan fingerprint density at radius 1 is 0.885 bits per heavy atom. The summed E-state index contributed by atoms with van der Waals surface area (Å²) in [4.78, 5) is 11.1. The SMILES string of the molecule is O=C(O)[C@H]1O[C@@H](Oc2ccc(Cc3ccccc3)cc2)[C@H](O)[C@@H](O)[C@@H]1O. The third-order valence-corrected chi connectivity index (χ3v) is 4.24. The summed E-state index contributed by atoms with van der Waals surface area (Å²) in [7, 11) is 0. The molecule has 0 radical (unpaired) electrons. The quantitative estimate of drug-likeness (QED) is 0.615. The molecule has 0 bridgehead atoms. The van der Waals surface area contributed by atoms with Gasteiger partial charge in [-0.15, -0.1) is 0 Å². The summed E-state index contributed by atoms with van der Waals surface area (Å²) in [5.41, 5.74) is 2.21. The van der Waals surface area contributed by atoms with Crippen molar-refractivity contribution in [3.05, 3.63) is 65.7 Å². The topological polar surface area (TPSA) is 116 Å². The molecule has 2 aromatic carbocycles. The predicted molar refractivity (Wildman–Crippen MR) is 90.6 cm³/mol. The fourth-order valence-corrected chi connectivity index (χ4v) is 2.80. The van der Waals surface area contributed by atoms with E-state index in [1.165, 1.54) is 0 Å². The van der Waals surface area contributed by atoms with E-state index in [1.54, 1.807) is 12.1 Å². The van der Waals surface area contributed by atoms with Crippen LogP contribution in [0.1, 0.15) is 11.1 Å². The Morgan fingerprint density at radius 2 is 1.50 bits per heavy atom. The van der Waals surface area contributed by atoms with Gasteiger partial charge in [0.2, 0.25) is 6.29 Å². The minimum atomic E-state index is -1.74. The second-order valence-electron chi connectivity index (χ2n) is 6.16. The summed E-state index contributed by atoms with van der Waals surface area (Å²) >= 11 is 0. The average molecular weight is 360 g/mol. The Hall–Kier alpha value is -2.45. The lowest BCUT2D eigenvalue weighted by Crippen LogP contribution is -2.61. The van der Waals surface area contributed by atoms with Crippen molar-refractivity contribution >= 4 is 5.97 Å². The Balaban J connectivity index is 1.67. The van der Waals surface area contributed by atoms with Crippen LogP contribution >= 0.6 is 0 Å². The molecule has 0 amide bonds. The van der Waals surface area contributed by atoms with Gasteiger partial charge in [0.05, 0.1) is 0 Å². The van der Waals surface area contributed by atoms with Crippen molar-refractivity contribution in [2.75, 3.05) is 0 Å². The number of carboxylic acid groups (broad SMARTS) is 1. The molecule has 1 aliphatic heterocycles. The van der Waals surface area contributed by atoms with Crippen molar-refractivity contribution in [2.45, 2.75) is 37.1 Å². The van der Waals surface area contributed by atoms with Crippen molar-refractivity contribution in [3.8, 4) is 5.75 Å². The fraction of sp³-hybridized carbons (Fsp3) is 0.316. The molecule has 7 heteroatoms. The van der Waals surface area contributed by atoms with E-state index in [2.05, 4.69) is 0 Å². The molecule has 0 aliphatic carbocycles. The second-order valence-corrected chi connectivity index (χ2v) is 6.16. The van der Waals surface area contributed by atoms with Crippen molar-refractivity contribution in [2.24, 2.45) is 0 Å². The highest BCUT2D eigenvalue weighted by molar-refractivity contribution is 5.73. The van der Waals surface area contributed by atoms with Crippen LogP contribution in [0, 0.1) is 0 Å². The molecule has 1 heterocycles. The lowest BCUT2D eigenvalue weighted by molar-refractivity contribution is -0.271. The van der Waals surface area contributed by atoms with Crippen LogP contribution in [0.3, 0.4) is 0 Å². The number of carboxylic acids is 1. The number of hydrogen-bond acceptors (Lipinski definition) is 6. The minimum Gasteiger partial charge on any atom is -0.479 e. The Morgan fingerprint density at radius 3 is 2.12 bits per heavy atom. The van der Waals surface area contributed by atoms with Crippen molar-refractivity contribution < 1.29 is 34.7 Å². The van der Waals surface area contributed by atoms with Gasteiger partial charge in [-0.05, 0) is 29.7 Å². The molecule has 1 saturated heterocycles. The maximum atomic E-state index is 11.1. The Kier molecular flexibility index (Phi) is 5.53. The second kappa shape index (κ2) is 7.84. The number of rotatable bonds is 5. The van der Waals surface area contributed by atoms with E-state index in [0.717, 1.165) is 17.5 Å². The summed E-state index contributed by atoms with van der Waals surface area (Å²) < 4.78 is 10.6. The van der Waals surface area contributed by atoms with Crippen LogP contribution in [0.2, 0.25) is 0 Å². The molecule has 2 aromatic rings. The molecule has 7 nitrogen and oxygen atoms in total. The molecule has 0 spiro atoms. The van der Waals surface area contributed by atoms with Crippen LogP contribution in [0.4, 0.5) is 0 Å². The Labute approximate surface area is 150 Å². The zero-order chi connectivity index (χ0) is 18.7. The van der Waals surface area contributed by atoms with E-state index in [1.807, 2.05) is 42.5 Å². The third kappa shape index (κ3) is 4.03. The van der Waals surface area contributed by atoms with Gasteiger partial charge in [0.25, 0.3) is 0 Å². The van der Waals surface area contributed by atoms with Gasteiger partial charge in [0, 0.05) is 0 Å². The molecule has 1 fully saturated rings. The van der Waals surface area contributed by atoms with Gasteiger partial charge in [-0.25, -0.2) is 4.79 Å². The molecule has 3 rings (SSSR count). The zero-order valence-electron chi connectivity index (χ0n) is 13.8. The highest BCUT2D eigenvalue weighted by Gasteiger charge is 2.48. The van der Waals surface area contributed by atoms with E-state index >= 15 is 0 Å². The molecule has 4 N–H and O–H groups in total. The van der Waals surface area contributed by atoms with E-state index in [0.29, 0.717) is 5.75 Å². The normalized spacial score (nSPS) is 28.5. The summed E-state index contributed by atoms with van der Waals surface area (Å²) in [5, 5.41) is 38.5. The smallest absolute Gasteiger partial charge is 0.335 e. The zero-order valence-corrected chi connectivity index (χ0v) is 13.8. The largest absolute Gasteiger partial charge is 0.479 e. The van der Waals surface area contributed by atoms with Crippen LogP contribution in [0.5, 0.6) is 5.75 Å². The molecule has 5 atom stereocenters. The highest BCUT2D eigenvalue weighted by atomic mass is 16.7. The first-order valence-electron chi connectivity index (χ1n) is 8.17. The number of aliphatic carboxylic acids is 1. The van der Waals surface area contributed by atoms with Gasteiger partial charge in [-0.1, -0.05) is 42.5 Å². The summed E-state index contributed by atoms with van der Waals surface area (Å²) in [6, 6.07) is 17.0. The van der Waals surface area contributed by atoms with Crippen molar-refractivity contribution in [1.82, 2.24) is 0 Å². The van der Waals surface area contributed by atoms with E-state index in [-0.39, 0.29) is 0 Å². The molecule has 0 unspecified atom stereocenters. The standard InChI is InChI=1S/C19H20O7/c20-14-15(21)17(18(23)24)26-19(16(14)22)25-13-8-6-12(7-9-13)10-11-4-2-1-3-5-11/h1-9,14-17,19-22H,10H2,(H,23,24)/t14-,15-,16+,17-,19+/m0/s1.